The average molecular weight is 364 g/mol. The highest BCUT2D eigenvalue weighted by Crippen LogP contribution is 2.48. The standard InChI is InChI=1S/C18H24N2O4S/c1-3-20(15-6-4-5-13(2)11-15)17(22)18(8-9-18)16(21)19-14-7-10-25(23,24)12-14/h4-6,11,14H,3,7-10,12H2,1-2H3,(H,19,21). The van der Waals surface area contributed by atoms with Gasteiger partial charge in [-0.3, -0.25) is 9.59 Å². The average Bonchev–Trinajstić information content (AvgIpc) is 3.29. The minimum Gasteiger partial charge on any atom is -0.351 e. The van der Waals surface area contributed by atoms with Crippen molar-refractivity contribution in [2.24, 2.45) is 5.41 Å². The topological polar surface area (TPSA) is 83.6 Å². The van der Waals surface area contributed by atoms with Gasteiger partial charge < -0.3 is 10.2 Å². The normalized spacial score (nSPS) is 23.0. The Kier molecular flexibility index (Phi) is 4.62. The Bertz CT molecular complexity index is 799. The van der Waals surface area contributed by atoms with Gasteiger partial charge >= 0.3 is 0 Å². The number of amides is 2. The van der Waals surface area contributed by atoms with Crippen molar-refractivity contribution in [3.05, 3.63) is 29.8 Å². The van der Waals surface area contributed by atoms with Crippen molar-refractivity contribution < 1.29 is 18.0 Å². The van der Waals surface area contributed by atoms with Crippen LogP contribution in [0.2, 0.25) is 0 Å². The lowest BCUT2D eigenvalue weighted by Gasteiger charge is -2.27. The van der Waals surface area contributed by atoms with Crippen molar-refractivity contribution in [1.82, 2.24) is 5.32 Å². The molecule has 1 aromatic carbocycles. The molecule has 3 rings (SSSR count). The van der Waals surface area contributed by atoms with Crippen LogP contribution in [-0.4, -0.2) is 44.3 Å². The first kappa shape index (κ1) is 17.9. The maximum absolute atomic E-state index is 13.1. The fraction of sp³-hybridized carbons (Fsp3) is 0.556. The summed E-state index contributed by atoms with van der Waals surface area (Å²) in [4.78, 5) is 27.4. The molecule has 1 aromatic rings. The Labute approximate surface area is 148 Å². The largest absolute Gasteiger partial charge is 0.351 e. The quantitative estimate of drug-likeness (QED) is 0.801. The molecular formula is C18H24N2O4S. The molecule has 1 saturated heterocycles. The molecule has 2 fully saturated rings. The van der Waals surface area contributed by atoms with E-state index in [1.54, 1.807) is 4.90 Å². The van der Waals surface area contributed by atoms with E-state index in [2.05, 4.69) is 5.32 Å². The summed E-state index contributed by atoms with van der Waals surface area (Å²) in [6.07, 6.45) is 1.45. The van der Waals surface area contributed by atoms with E-state index in [1.165, 1.54) is 0 Å². The molecule has 1 atom stereocenters. The Morgan fingerprint density at radius 2 is 2.04 bits per heavy atom. The Balaban J connectivity index is 1.75. The summed E-state index contributed by atoms with van der Waals surface area (Å²) in [5.74, 6) is -0.452. The molecule has 1 saturated carbocycles. The van der Waals surface area contributed by atoms with E-state index in [4.69, 9.17) is 0 Å². The highest BCUT2D eigenvalue weighted by Gasteiger charge is 2.58. The van der Waals surface area contributed by atoms with Crippen LogP contribution in [0.25, 0.3) is 0 Å². The van der Waals surface area contributed by atoms with Crippen LogP contribution >= 0.6 is 0 Å². The molecule has 25 heavy (non-hydrogen) atoms. The predicted molar refractivity (Wildman–Crippen MR) is 96.1 cm³/mol. The van der Waals surface area contributed by atoms with Gasteiger partial charge in [-0.25, -0.2) is 8.42 Å². The number of hydrogen-bond donors (Lipinski definition) is 1. The van der Waals surface area contributed by atoms with Crippen LogP contribution < -0.4 is 10.2 Å². The summed E-state index contributed by atoms with van der Waals surface area (Å²) in [6.45, 7) is 4.33. The van der Waals surface area contributed by atoms with Gasteiger partial charge in [-0.1, -0.05) is 12.1 Å². The highest BCUT2D eigenvalue weighted by atomic mass is 32.2. The summed E-state index contributed by atoms with van der Waals surface area (Å²) < 4.78 is 23.1. The molecule has 2 aliphatic rings. The van der Waals surface area contributed by atoms with Crippen molar-refractivity contribution in [3.8, 4) is 0 Å². The SMILES string of the molecule is CCN(C(=O)C1(C(=O)NC2CCS(=O)(=O)C2)CC1)c1cccc(C)c1. The summed E-state index contributed by atoms with van der Waals surface area (Å²) in [7, 11) is -3.07. The monoisotopic (exact) mass is 364 g/mol. The van der Waals surface area contributed by atoms with Gasteiger partial charge in [-0.05, 0) is 50.8 Å². The molecule has 1 aliphatic heterocycles. The Morgan fingerprint density at radius 3 is 2.56 bits per heavy atom. The molecule has 1 aliphatic carbocycles. The van der Waals surface area contributed by atoms with Crippen molar-refractivity contribution in [2.75, 3.05) is 23.0 Å². The van der Waals surface area contributed by atoms with Crippen LogP contribution in [0.4, 0.5) is 5.69 Å². The summed E-state index contributed by atoms with van der Waals surface area (Å²) in [5.41, 5.74) is 0.802. The third kappa shape index (κ3) is 3.56. The maximum Gasteiger partial charge on any atom is 0.242 e. The van der Waals surface area contributed by atoms with Crippen molar-refractivity contribution >= 4 is 27.3 Å². The molecule has 6 nitrogen and oxygen atoms in total. The lowest BCUT2D eigenvalue weighted by molar-refractivity contribution is -0.136. The number of hydrogen-bond acceptors (Lipinski definition) is 4. The number of sulfone groups is 1. The third-order valence-electron chi connectivity index (χ3n) is 5.04. The predicted octanol–water partition coefficient (Wildman–Crippen LogP) is 1.43. The lowest BCUT2D eigenvalue weighted by Crippen LogP contribution is -2.48. The number of nitrogens with zero attached hydrogens (tertiary/aromatic N) is 1. The van der Waals surface area contributed by atoms with Crippen LogP contribution in [0.15, 0.2) is 24.3 Å². The fourth-order valence-corrected chi connectivity index (χ4v) is 5.07. The molecule has 2 amide bonds. The number of rotatable bonds is 5. The van der Waals surface area contributed by atoms with Crippen molar-refractivity contribution in [1.29, 1.82) is 0 Å². The molecule has 0 bridgehead atoms. The fourth-order valence-electron chi connectivity index (χ4n) is 3.39. The van der Waals surface area contributed by atoms with E-state index in [0.29, 0.717) is 25.8 Å². The van der Waals surface area contributed by atoms with Gasteiger partial charge in [0.25, 0.3) is 0 Å². The van der Waals surface area contributed by atoms with Gasteiger partial charge in [0.2, 0.25) is 11.8 Å². The van der Waals surface area contributed by atoms with Gasteiger partial charge in [0.1, 0.15) is 5.41 Å². The van der Waals surface area contributed by atoms with Gasteiger partial charge in [0, 0.05) is 18.3 Å². The minimum absolute atomic E-state index is 0.0294. The van der Waals surface area contributed by atoms with Gasteiger partial charge in [0.15, 0.2) is 9.84 Å². The van der Waals surface area contributed by atoms with Crippen LogP contribution in [0.1, 0.15) is 31.7 Å². The van der Waals surface area contributed by atoms with Crippen LogP contribution in [0.3, 0.4) is 0 Å². The number of carbonyl (C=O) groups excluding carboxylic acids is 2. The molecule has 7 heteroatoms. The Morgan fingerprint density at radius 1 is 1.32 bits per heavy atom. The molecule has 0 aromatic heterocycles. The van der Waals surface area contributed by atoms with Crippen molar-refractivity contribution in [2.45, 2.75) is 39.2 Å². The second kappa shape index (κ2) is 6.44. The molecule has 0 spiro atoms. The number of anilines is 1. The maximum atomic E-state index is 13.1. The first-order valence-electron chi connectivity index (χ1n) is 8.67. The molecule has 1 N–H and O–H groups in total. The van der Waals surface area contributed by atoms with E-state index < -0.39 is 15.3 Å². The van der Waals surface area contributed by atoms with E-state index in [0.717, 1.165) is 11.3 Å². The zero-order valence-electron chi connectivity index (χ0n) is 14.6. The Hall–Kier alpha value is -1.89. The third-order valence-corrected chi connectivity index (χ3v) is 6.80. The summed E-state index contributed by atoms with van der Waals surface area (Å²) >= 11 is 0. The molecule has 136 valence electrons. The smallest absolute Gasteiger partial charge is 0.242 e. The van der Waals surface area contributed by atoms with E-state index in [1.807, 2.05) is 38.1 Å². The van der Waals surface area contributed by atoms with Crippen molar-refractivity contribution in [3.63, 3.8) is 0 Å². The number of nitrogens with one attached hydrogen (secondary N) is 1. The number of aryl methyl sites for hydroxylation is 1. The van der Waals surface area contributed by atoms with Crippen LogP contribution in [-0.2, 0) is 19.4 Å². The second-order valence-electron chi connectivity index (χ2n) is 7.04. The molecule has 0 radical (unpaired) electrons. The van der Waals surface area contributed by atoms with E-state index in [-0.39, 0.29) is 29.4 Å². The number of carbonyl (C=O) groups is 2. The van der Waals surface area contributed by atoms with E-state index in [9.17, 15) is 18.0 Å². The first-order valence-corrected chi connectivity index (χ1v) is 10.5. The van der Waals surface area contributed by atoms with E-state index >= 15 is 0 Å². The number of benzene rings is 1. The van der Waals surface area contributed by atoms with Crippen LogP contribution in [0.5, 0.6) is 0 Å². The lowest BCUT2D eigenvalue weighted by atomic mass is 10.0. The molecular weight excluding hydrogens is 340 g/mol. The van der Waals surface area contributed by atoms with Gasteiger partial charge in [0.05, 0.1) is 11.5 Å². The zero-order valence-corrected chi connectivity index (χ0v) is 15.4. The first-order chi connectivity index (χ1) is 11.8. The minimum atomic E-state index is -3.07. The van der Waals surface area contributed by atoms with Gasteiger partial charge in [-0.2, -0.15) is 0 Å². The van der Waals surface area contributed by atoms with Gasteiger partial charge in [-0.15, -0.1) is 0 Å². The summed E-state index contributed by atoms with van der Waals surface area (Å²) in [6, 6.07) is 7.27. The van der Waals surface area contributed by atoms with Crippen LogP contribution in [0, 0.1) is 12.3 Å². The molecule has 1 heterocycles. The highest BCUT2D eigenvalue weighted by molar-refractivity contribution is 7.91. The summed E-state index contributed by atoms with van der Waals surface area (Å²) in [5, 5.41) is 2.79. The zero-order chi connectivity index (χ0) is 18.2. The molecule has 1 unspecified atom stereocenters. The second-order valence-corrected chi connectivity index (χ2v) is 9.27.